The Bertz CT molecular complexity index is 573. The van der Waals surface area contributed by atoms with Crippen LogP contribution in [0.2, 0.25) is 0 Å². The van der Waals surface area contributed by atoms with Crippen molar-refractivity contribution in [2.45, 2.75) is 26.7 Å². The van der Waals surface area contributed by atoms with Gasteiger partial charge in [-0.05, 0) is 25.0 Å². The fourth-order valence-corrected chi connectivity index (χ4v) is 2.08. The van der Waals surface area contributed by atoms with E-state index < -0.39 is 0 Å². The Labute approximate surface area is 111 Å². The summed E-state index contributed by atoms with van der Waals surface area (Å²) in [7, 11) is 0. The van der Waals surface area contributed by atoms with E-state index in [0.29, 0.717) is 11.3 Å². The standard InChI is InChI=1S/C14H18FN3O/c1-3-7-17(8-4-2)14(19)12-10-18-9-11(15)5-6-13(18)16-12/h5-6,9-10H,3-4,7-8H2,1-2H3. The van der Waals surface area contributed by atoms with Crippen LogP contribution in [0.4, 0.5) is 4.39 Å². The molecular weight excluding hydrogens is 245 g/mol. The molecule has 1 amide bonds. The average molecular weight is 263 g/mol. The van der Waals surface area contributed by atoms with Crippen LogP contribution >= 0.6 is 0 Å². The monoisotopic (exact) mass is 263 g/mol. The summed E-state index contributed by atoms with van der Waals surface area (Å²) in [6, 6.07) is 2.91. The van der Waals surface area contributed by atoms with E-state index in [1.807, 2.05) is 13.8 Å². The fraction of sp³-hybridized carbons (Fsp3) is 0.429. The summed E-state index contributed by atoms with van der Waals surface area (Å²) in [6.45, 7) is 5.51. The first kappa shape index (κ1) is 13.5. The van der Waals surface area contributed by atoms with Gasteiger partial charge in [-0.1, -0.05) is 13.8 Å². The van der Waals surface area contributed by atoms with Crippen molar-refractivity contribution < 1.29 is 9.18 Å². The minimum atomic E-state index is -0.345. The highest BCUT2D eigenvalue weighted by molar-refractivity contribution is 5.92. The van der Waals surface area contributed by atoms with Crippen LogP contribution in [0.25, 0.3) is 5.65 Å². The van der Waals surface area contributed by atoms with Crippen molar-refractivity contribution in [2.75, 3.05) is 13.1 Å². The lowest BCUT2D eigenvalue weighted by Crippen LogP contribution is -2.32. The predicted octanol–water partition coefficient (Wildman–Crippen LogP) is 2.74. The number of amides is 1. The van der Waals surface area contributed by atoms with Gasteiger partial charge in [0.25, 0.3) is 5.91 Å². The quantitative estimate of drug-likeness (QED) is 0.831. The smallest absolute Gasteiger partial charge is 0.274 e. The zero-order chi connectivity index (χ0) is 13.8. The van der Waals surface area contributed by atoms with E-state index >= 15 is 0 Å². The molecule has 0 aliphatic carbocycles. The second-order valence-corrected chi connectivity index (χ2v) is 4.53. The largest absolute Gasteiger partial charge is 0.337 e. The molecule has 2 aromatic rings. The maximum Gasteiger partial charge on any atom is 0.274 e. The van der Waals surface area contributed by atoms with Gasteiger partial charge in [0.1, 0.15) is 17.2 Å². The molecule has 19 heavy (non-hydrogen) atoms. The van der Waals surface area contributed by atoms with Gasteiger partial charge in [-0.25, -0.2) is 9.37 Å². The molecule has 0 fully saturated rings. The van der Waals surface area contributed by atoms with E-state index in [2.05, 4.69) is 4.98 Å². The van der Waals surface area contributed by atoms with Crippen molar-refractivity contribution in [1.29, 1.82) is 0 Å². The third-order valence-corrected chi connectivity index (χ3v) is 2.91. The molecule has 0 N–H and O–H groups in total. The summed E-state index contributed by atoms with van der Waals surface area (Å²) >= 11 is 0. The molecule has 0 unspecified atom stereocenters. The Morgan fingerprint density at radius 3 is 2.58 bits per heavy atom. The van der Waals surface area contributed by atoms with Gasteiger partial charge >= 0.3 is 0 Å². The van der Waals surface area contributed by atoms with E-state index in [1.54, 1.807) is 21.6 Å². The second-order valence-electron chi connectivity index (χ2n) is 4.53. The van der Waals surface area contributed by atoms with Gasteiger partial charge in [0.15, 0.2) is 0 Å². The highest BCUT2D eigenvalue weighted by atomic mass is 19.1. The van der Waals surface area contributed by atoms with Crippen LogP contribution in [0.5, 0.6) is 0 Å². The Hall–Kier alpha value is -1.91. The molecule has 0 aliphatic heterocycles. The third-order valence-electron chi connectivity index (χ3n) is 2.91. The molecule has 0 saturated heterocycles. The fourth-order valence-electron chi connectivity index (χ4n) is 2.08. The zero-order valence-electron chi connectivity index (χ0n) is 11.3. The Morgan fingerprint density at radius 1 is 1.26 bits per heavy atom. The lowest BCUT2D eigenvalue weighted by atomic mass is 10.3. The molecule has 0 radical (unpaired) electrons. The summed E-state index contributed by atoms with van der Waals surface area (Å²) in [5.41, 5.74) is 0.949. The van der Waals surface area contributed by atoms with Gasteiger partial charge in [-0.2, -0.15) is 0 Å². The van der Waals surface area contributed by atoms with E-state index in [1.165, 1.54) is 12.3 Å². The molecule has 102 valence electrons. The summed E-state index contributed by atoms with van der Waals surface area (Å²) < 4.78 is 14.6. The first-order chi connectivity index (χ1) is 9.15. The first-order valence-electron chi connectivity index (χ1n) is 6.59. The third kappa shape index (κ3) is 2.92. The molecule has 0 bridgehead atoms. The van der Waals surface area contributed by atoms with Crippen molar-refractivity contribution in [3.63, 3.8) is 0 Å². The van der Waals surface area contributed by atoms with Gasteiger partial charge in [0.2, 0.25) is 0 Å². The molecule has 0 aliphatic rings. The summed E-state index contributed by atoms with van der Waals surface area (Å²) in [5, 5.41) is 0. The average Bonchev–Trinajstić information content (AvgIpc) is 2.80. The van der Waals surface area contributed by atoms with Gasteiger partial charge in [0.05, 0.1) is 0 Å². The topological polar surface area (TPSA) is 37.6 Å². The number of hydrogen-bond acceptors (Lipinski definition) is 2. The number of aromatic nitrogens is 2. The summed E-state index contributed by atoms with van der Waals surface area (Å²) in [4.78, 5) is 18.4. The van der Waals surface area contributed by atoms with Gasteiger partial charge in [0, 0.05) is 25.5 Å². The number of imidazole rings is 1. The van der Waals surface area contributed by atoms with Crippen LogP contribution in [0.15, 0.2) is 24.5 Å². The molecule has 0 atom stereocenters. The highest BCUT2D eigenvalue weighted by Crippen LogP contribution is 2.10. The first-order valence-corrected chi connectivity index (χ1v) is 6.59. The van der Waals surface area contributed by atoms with E-state index in [-0.39, 0.29) is 11.7 Å². The maximum atomic E-state index is 13.1. The number of pyridine rings is 1. The molecule has 2 aromatic heterocycles. The van der Waals surface area contributed by atoms with Crippen molar-refractivity contribution in [2.24, 2.45) is 0 Å². The lowest BCUT2D eigenvalue weighted by Gasteiger charge is -2.20. The molecule has 0 aromatic carbocycles. The van der Waals surface area contributed by atoms with Crippen LogP contribution in [0.3, 0.4) is 0 Å². The molecule has 2 heterocycles. The summed E-state index contributed by atoms with van der Waals surface area (Å²) in [6.07, 6.45) is 4.73. The van der Waals surface area contributed by atoms with Crippen molar-refractivity contribution in [3.8, 4) is 0 Å². The molecular formula is C14H18FN3O. The van der Waals surface area contributed by atoms with Crippen LogP contribution < -0.4 is 0 Å². The summed E-state index contributed by atoms with van der Waals surface area (Å²) in [5.74, 6) is -0.435. The lowest BCUT2D eigenvalue weighted by molar-refractivity contribution is 0.0750. The zero-order valence-corrected chi connectivity index (χ0v) is 11.3. The number of carbonyl (C=O) groups excluding carboxylic acids is 1. The minimum absolute atomic E-state index is 0.0900. The van der Waals surface area contributed by atoms with Crippen molar-refractivity contribution in [1.82, 2.24) is 14.3 Å². The van der Waals surface area contributed by atoms with Gasteiger partial charge < -0.3 is 9.30 Å². The molecule has 5 heteroatoms. The van der Waals surface area contributed by atoms with Crippen LogP contribution in [0, 0.1) is 5.82 Å². The van der Waals surface area contributed by atoms with Gasteiger partial charge in [-0.15, -0.1) is 0 Å². The van der Waals surface area contributed by atoms with Gasteiger partial charge in [-0.3, -0.25) is 4.79 Å². The predicted molar refractivity (Wildman–Crippen MR) is 71.6 cm³/mol. The van der Waals surface area contributed by atoms with E-state index in [0.717, 1.165) is 25.9 Å². The highest BCUT2D eigenvalue weighted by Gasteiger charge is 2.17. The van der Waals surface area contributed by atoms with Crippen LogP contribution in [0.1, 0.15) is 37.2 Å². The number of carbonyl (C=O) groups is 1. The molecule has 0 saturated carbocycles. The minimum Gasteiger partial charge on any atom is -0.337 e. The number of halogens is 1. The van der Waals surface area contributed by atoms with E-state index in [4.69, 9.17) is 0 Å². The number of rotatable bonds is 5. The number of nitrogens with zero attached hydrogens (tertiary/aromatic N) is 3. The number of fused-ring (bicyclic) bond motifs is 1. The molecule has 0 spiro atoms. The van der Waals surface area contributed by atoms with Crippen LogP contribution in [-0.4, -0.2) is 33.3 Å². The Morgan fingerprint density at radius 2 is 1.95 bits per heavy atom. The van der Waals surface area contributed by atoms with Crippen molar-refractivity contribution in [3.05, 3.63) is 36.0 Å². The molecule has 2 rings (SSSR count). The van der Waals surface area contributed by atoms with Crippen molar-refractivity contribution >= 4 is 11.6 Å². The normalized spacial score (nSPS) is 10.9. The van der Waals surface area contributed by atoms with Crippen LogP contribution in [-0.2, 0) is 0 Å². The second kappa shape index (κ2) is 5.82. The number of hydrogen-bond donors (Lipinski definition) is 0. The van der Waals surface area contributed by atoms with E-state index in [9.17, 15) is 9.18 Å². The maximum absolute atomic E-state index is 13.1. The Balaban J connectivity index is 2.29. The molecule has 4 nitrogen and oxygen atoms in total. The Kier molecular flexibility index (Phi) is 4.14. The SMILES string of the molecule is CCCN(CCC)C(=O)c1cn2cc(F)ccc2n1.